The third kappa shape index (κ3) is 5.00. The van der Waals surface area contributed by atoms with Gasteiger partial charge in [-0.2, -0.15) is 0 Å². The first-order valence-electron chi connectivity index (χ1n) is 9.21. The van der Waals surface area contributed by atoms with Crippen molar-refractivity contribution in [1.82, 2.24) is 10.9 Å². The van der Waals surface area contributed by atoms with Crippen LogP contribution in [0.2, 0.25) is 0 Å². The zero-order valence-electron chi connectivity index (χ0n) is 15.7. The van der Waals surface area contributed by atoms with E-state index in [2.05, 4.69) is 16.9 Å². The SMILES string of the molecule is CC(C)Oc1ccc(C(=O)NNC(=O)CN2CCCc3ccccc32)cc1. The molecule has 2 aromatic rings. The molecule has 0 fully saturated rings. The van der Waals surface area contributed by atoms with E-state index in [1.54, 1.807) is 24.3 Å². The van der Waals surface area contributed by atoms with E-state index in [1.165, 1.54) is 5.56 Å². The monoisotopic (exact) mass is 367 g/mol. The summed E-state index contributed by atoms with van der Waals surface area (Å²) in [5.41, 5.74) is 7.76. The van der Waals surface area contributed by atoms with Crippen LogP contribution < -0.4 is 20.5 Å². The van der Waals surface area contributed by atoms with Crippen molar-refractivity contribution in [3.8, 4) is 5.75 Å². The van der Waals surface area contributed by atoms with Crippen LogP contribution in [0.3, 0.4) is 0 Å². The molecule has 2 amide bonds. The molecule has 1 aliphatic rings. The number of para-hydroxylation sites is 1. The van der Waals surface area contributed by atoms with Crippen molar-refractivity contribution < 1.29 is 14.3 Å². The number of aryl methyl sites for hydroxylation is 1. The Morgan fingerprint density at radius 2 is 1.81 bits per heavy atom. The number of nitrogens with zero attached hydrogens (tertiary/aromatic N) is 1. The number of hydrogen-bond acceptors (Lipinski definition) is 4. The molecule has 2 aromatic carbocycles. The summed E-state index contributed by atoms with van der Waals surface area (Å²) in [5, 5.41) is 0. The van der Waals surface area contributed by atoms with Gasteiger partial charge in [0.1, 0.15) is 5.75 Å². The molecule has 2 N–H and O–H groups in total. The van der Waals surface area contributed by atoms with Crippen LogP contribution in [0.5, 0.6) is 5.75 Å². The molecule has 27 heavy (non-hydrogen) atoms. The number of carbonyl (C=O) groups is 2. The maximum absolute atomic E-state index is 12.2. The second-order valence-electron chi connectivity index (χ2n) is 6.85. The topological polar surface area (TPSA) is 70.7 Å². The number of hydrazine groups is 1. The average Bonchev–Trinajstić information content (AvgIpc) is 2.66. The number of rotatable bonds is 5. The summed E-state index contributed by atoms with van der Waals surface area (Å²) in [4.78, 5) is 26.5. The molecule has 6 heteroatoms. The van der Waals surface area contributed by atoms with E-state index in [4.69, 9.17) is 4.74 Å². The number of hydrogen-bond donors (Lipinski definition) is 2. The van der Waals surface area contributed by atoms with Crippen LogP contribution >= 0.6 is 0 Å². The fraction of sp³-hybridized carbons (Fsp3) is 0.333. The molecular weight excluding hydrogens is 342 g/mol. The maximum Gasteiger partial charge on any atom is 0.269 e. The third-order valence-electron chi connectivity index (χ3n) is 4.34. The summed E-state index contributed by atoms with van der Waals surface area (Å²) in [5.74, 6) is 0.0904. The first-order valence-corrected chi connectivity index (χ1v) is 9.21. The van der Waals surface area contributed by atoms with Gasteiger partial charge >= 0.3 is 0 Å². The summed E-state index contributed by atoms with van der Waals surface area (Å²) >= 11 is 0. The highest BCUT2D eigenvalue weighted by molar-refractivity contribution is 5.95. The highest BCUT2D eigenvalue weighted by atomic mass is 16.5. The quantitative estimate of drug-likeness (QED) is 0.797. The van der Waals surface area contributed by atoms with Crippen molar-refractivity contribution >= 4 is 17.5 Å². The minimum absolute atomic E-state index is 0.0730. The number of benzene rings is 2. The lowest BCUT2D eigenvalue weighted by Crippen LogP contribution is -2.47. The summed E-state index contributed by atoms with van der Waals surface area (Å²) < 4.78 is 5.55. The average molecular weight is 367 g/mol. The Hall–Kier alpha value is -3.02. The Labute approximate surface area is 159 Å². The normalized spacial score (nSPS) is 13.1. The molecule has 0 atom stereocenters. The molecule has 6 nitrogen and oxygen atoms in total. The smallest absolute Gasteiger partial charge is 0.269 e. The van der Waals surface area contributed by atoms with Gasteiger partial charge in [-0.05, 0) is 62.6 Å². The van der Waals surface area contributed by atoms with Crippen molar-refractivity contribution in [1.29, 1.82) is 0 Å². The fourth-order valence-electron chi connectivity index (χ4n) is 3.14. The lowest BCUT2D eigenvalue weighted by molar-refractivity contribution is -0.120. The van der Waals surface area contributed by atoms with Crippen LogP contribution in [0.25, 0.3) is 0 Å². The number of carbonyl (C=O) groups excluding carboxylic acids is 2. The molecule has 3 rings (SSSR count). The Morgan fingerprint density at radius 1 is 1.07 bits per heavy atom. The second-order valence-corrected chi connectivity index (χ2v) is 6.85. The first kappa shape index (κ1) is 18.8. The van der Waals surface area contributed by atoms with Crippen LogP contribution in [-0.4, -0.2) is 31.0 Å². The molecule has 0 aromatic heterocycles. The number of nitrogens with one attached hydrogen (secondary N) is 2. The van der Waals surface area contributed by atoms with Gasteiger partial charge in [0, 0.05) is 17.8 Å². The lowest BCUT2D eigenvalue weighted by Gasteiger charge is -2.30. The third-order valence-corrected chi connectivity index (χ3v) is 4.34. The molecule has 142 valence electrons. The highest BCUT2D eigenvalue weighted by Crippen LogP contribution is 2.26. The molecule has 0 aliphatic carbocycles. The molecule has 1 heterocycles. The van der Waals surface area contributed by atoms with E-state index in [9.17, 15) is 9.59 Å². The molecule has 0 bridgehead atoms. The van der Waals surface area contributed by atoms with Crippen LogP contribution in [0, 0.1) is 0 Å². The van der Waals surface area contributed by atoms with Crippen LogP contribution in [0.4, 0.5) is 5.69 Å². The number of amides is 2. The van der Waals surface area contributed by atoms with E-state index in [-0.39, 0.29) is 24.5 Å². The van der Waals surface area contributed by atoms with Crippen molar-refractivity contribution in [2.75, 3.05) is 18.0 Å². The molecule has 0 unspecified atom stereocenters. The van der Waals surface area contributed by atoms with E-state index in [0.717, 1.165) is 25.1 Å². The molecule has 0 spiro atoms. The molecule has 0 saturated carbocycles. The van der Waals surface area contributed by atoms with E-state index >= 15 is 0 Å². The maximum atomic E-state index is 12.2. The Bertz CT molecular complexity index is 803. The number of anilines is 1. The van der Waals surface area contributed by atoms with Gasteiger partial charge in [-0.15, -0.1) is 0 Å². The van der Waals surface area contributed by atoms with Gasteiger partial charge in [-0.1, -0.05) is 18.2 Å². The minimum atomic E-state index is -0.363. The van der Waals surface area contributed by atoms with Crippen molar-refractivity contribution in [2.45, 2.75) is 32.8 Å². The predicted molar refractivity (Wildman–Crippen MR) is 105 cm³/mol. The van der Waals surface area contributed by atoms with Crippen molar-refractivity contribution in [3.63, 3.8) is 0 Å². The van der Waals surface area contributed by atoms with E-state index < -0.39 is 0 Å². The van der Waals surface area contributed by atoms with Crippen molar-refractivity contribution in [3.05, 3.63) is 59.7 Å². The van der Waals surface area contributed by atoms with Crippen LogP contribution in [0.1, 0.15) is 36.2 Å². The second kappa shape index (κ2) is 8.58. The highest BCUT2D eigenvalue weighted by Gasteiger charge is 2.19. The Balaban J connectivity index is 1.51. The van der Waals surface area contributed by atoms with Gasteiger partial charge in [0.15, 0.2) is 0 Å². The summed E-state index contributed by atoms with van der Waals surface area (Å²) in [7, 11) is 0. The van der Waals surface area contributed by atoms with Gasteiger partial charge < -0.3 is 9.64 Å². The summed E-state index contributed by atoms with van der Waals surface area (Å²) in [6.07, 6.45) is 2.12. The Morgan fingerprint density at radius 3 is 2.56 bits per heavy atom. The fourth-order valence-corrected chi connectivity index (χ4v) is 3.14. The minimum Gasteiger partial charge on any atom is -0.491 e. The molecule has 0 saturated heterocycles. The van der Waals surface area contributed by atoms with Crippen LogP contribution in [0.15, 0.2) is 48.5 Å². The summed E-state index contributed by atoms with van der Waals surface area (Å²) in [6, 6.07) is 14.9. The number of fused-ring (bicyclic) bond motifs is 1. The van der Waals surface area contributed by atoms with Gasteiger partial charge in [0.05, 0.1) is 12.6 Å². The molecule has 1 aliphatic heterocycles. The van der Waals surface area contributed by atoms with Crippen molar-refractivity contribution in [2.24, 2.45) is 0 Å². The van der Waals surface area contributed by atoms with Crippen LogP contribution in [-0.2, 0) is 11.2 Å². The molecule has 0 radical (unpaired) electrons. The van der Waals surface area contributed by atoms with Gasteiger partial charge in [-0.3, -0.25) is 20.4 Å². The van der Waals surface area contributed by atoms with E-state index in [0.29, 0.717) is 11.3 Å². The first-order chi connectivity index (χ1) is 13.0. The largest absolute Gasteiger partial charge is 0.491 e. The van der Waals surface area contributed by atoms with E-state index in [1.807, 2.05) is 36.9 Å². The number of ether oxygens (including phenoxy) is 1. The van der Waals surface area contributed by atoms with Gasteiger partial charge in [0.25, 0.3) is 11.8 Å². The predicted octanol–water partition coefficient (Wildman–Crippen LogP) is 2.69. The zero-order chi connectivity index (χ0) is 19.2. The molecular formula is C21H25N3O3. The zero-order valence-corrected chi connectivity index (χ0v) is 15.7. The van der Waals surface area contributed by atoms with Gasteiger partial charge in [0.2, 0.25) is 0 Å². The summed E-state index contributed by atoms with van der Waals surface area (Å²) in [6.45, 7) is 4.92. The standard InChI is InChI=1S/C21H25N3O3/c1-15(2)27-18-11-9-17(10-12-18)21(26)23-22-20(25)14-24-13-5-7-16-6-3-4-8-19(16)24/h3-4,6,8-12,15H,5,7,13-14H2,1-2H3,(H,22,25)(H,23,26). The Kier molecular flexibility index (Phi) is 5.96. The lowest BCUT2D eigenvalue weighted by atomic mass is 10.0. The van der Waals surface area contributed by atoms with Gasteiger partial charge in [-0.25, -0.2) is 0 Å².